The van der Waals surface area contributed by atoms with E-state index in [-0.39, 0.29) is 5.91 Å². The van der Waals surface area contributed by atoms with Crippen molar-refractivity contribution in [3.8, 4) is 0 Å². The summed E-state index contributed by atoms with van der Waals surface area (Å²) >= 11 is 1.67. The molecule has 1 heterocycles. The standard InChI is InChI=1S/C9H15N3OS/c1-6-7(2)14-9(12-6)5-11-4-8(13)10-3/h11H,4-5H2,1-3H3,(H,10,13). The van der Waals surface area contributed by atoms with Gasteiger partial charge in [-0.25, -0.2) is 4.98 Å². The third-order valence-electron chi connectivity index (χ3n) is 1.91. The zero-order valence-electron chi connectivity index (χ0n) is 8.68. The van der Waals surface area contributed by atoms with Crippen molar-refractivity contribution in [3.05, 3.63) is 15.6 Å². The zero-order valence-corrected chi connectivity index (χ0v) is 9.49. The van der Waals surface area contributed by atoms with Gasteiger partial charge in [0.15, 0.2) is 0 Å². The van der Waals surface area contributed by atoms with Crippen LogP contribution in [0.3, 0.4) is 0 Å². The number of hydrogen-bond acceptors (Lipinski definition) is 4. The van der Waals surface area contributed by atoms with Gasteiger partial charge in [0.05, 0.1) is 12.2 Å². The van der Waals surface area contributed by atoms with E-state index in [0.29, 0.717) is 13.1 Å². The minimum Gasteiger partial charge on any atom is -0.358 e. The highest BCUT2D eigenvalue weighted by atomic mass is 32.1. The number of hydrogen-bond donors (Lipinski definition) is 2. The average molecular weight is 213 g/mol. The van der Waals surface area contributed by atoms with Gasteiger partial charge in [0.25, 0.3) is 0 Å². The molecule has 78 valence electrons. The number of aromatic nitrogens is 1. The second-order valence-corrected chi connectivity index (χ2v) is 4.31. The summed E-state index contributed by atoms with van der Waals surface area (Å²) in [5.74, 6) is -0.00463. The van der Waals surface area contributed by atoms with Gasteiger partial charge >= 0.3 is 0 Å². The van der Waals surface area contributed by atoms with Crippen LogP contribution in [-0.2, 0) is 11.3 Å². The molecule has 0 bridgehead atoms. The van der Waals surface area contributed by atoms with Crippen molar-refractivity contribution in [1.29, 1.82) is 0 Å². The summed E-state index contributed by atoms with van der Waals surface area (Å²) < 4.78 is 0. The summed E-state index contributed by atoms with van der Waals surface area (Å²) in [7, 11) is 1.63. The first-order valence-electron chi connectivity index (χ1n) is 4.47. The Morgan fingerprint density at radius 1 is 1.50 bits per heavy atom. The van der Waals surface area contributed by atoms with Gasteiger partial charge in [0, 0.05) is 18.5 Å². The molecule has 0 unspecified atom stereocenters. The van der Waals surface area contributed by atoms with Crippen molar-refractivity contribution in [3.63, 3.8) is 0 Å². The molecule has 0 aliphatic heterocycles. The van der Waals surface area contributed by atoms with E-state index in [9.17, 15) is 4.79 Å². The van der Waals surface area contributed by atoms with Gasteiger partial charge in [-0.1, -0.05) is 0 Å². The summed E-state index contributed by atoms with van der Waals surface area (Å²) in [4.78, 5) is 16.5. The first kappa shape index (κ1) is 11.1. The molecule has 4 nitrogen and oxygen atoms in total. The van der Waals surface area contributed by atoms with Crippen molar-refractivity contribution in [2.24, 2.45) is 0 Å². The highest BCUT2D eigenvalue weighted by molar-refractivity contribution is 7.11. The second kappa shape index (κ2) is 5.07. The second-order valence-electron chi connectivity index (χ2n) is 3.03. The Kier molecular flexibility index (Phi) is 4.03. The topological polar surface area (TPSA) is 54.0 Å². The zero-order chi connectivity index (χ0) is 10.6. The molecule has 1 rings (SSSR count). The van der Waals surface area contributed by atoms with Crippen LogP contribution in [0.15, 0.2) is 0 Å². The van der Waals surface area contributed by atoms with Crippen LogP contribution in [0.25, 0.3) is 0 Å². The van der Waals surface area contributed by atoms with E-state index in [2.05, 4.69) is 22.5 Å². The fourth-order valence-corrected chi connectivity index (χ4v) is 1.89. The lowest BCUT2D eigenvalue weighted by Gasteiger charge is -2.00. The first-order chi connectivity index (χ1) is 6.63. The summed E-state index contributed by atoms with van der Waals surface area (Å²) in [6.45, 7) is 5.05. The summed E-state index contributed by atoms with van der Waals surface area (Å²) in [6.07, 6.45) is 0. The fourth-order valence-electron chi connectivity index (χ4n) is 0.986. The Morgan fingerprint density at radius 3 is 2.71 bits per heavy atom. The Morgan fingerprint density at radius 2 is 2.21 bits per heavy atom. The molecular weight excluding hydrogens is 198 g/mol. The monoisotopic (exact) mass is 213 g/mol. The highest BCUT2D eigenvalue weighted by Crippen LogP contribution is 2.15. The van der Waals surface area contributed by atoms with E-state index in [4.69, 9.17) is 0 Å². The van der Waals surface area contributed by atoms with E-state index in [1.165, 1.54) is 4.88 Å². The van der Waals surface area contributed by atoms with E-state index >= 15 is 0 Å². The van der Waals surface area contributed by atoms with Gasteiger partial charge < -0.3 is 10.6 Å². The molecule has 0 saturated carbocycles. The SMILES string of the molecule is CNC(=O)CNCc1nc(C)c(C)s1. The molecule has 0 atom stereocenters. The van der Waals surface area contributed by atoms with Crippen molar-refractivity contribution in [1.82, 2.24) is 15.6 Å². The minimum atomic E-state index is -0.00463. The van der Waals surface area contributed by atoms with Crippen LogP contribution in [0.5, 0.6) is 0 Å². The normalized spacial score (nSPS) is 10.2. The molecule has 5 heteroatoms. The average Bonchev–Trinajstić information content (AvgIpc) is 2.46. The Hall–Kier alpha value is -0.940. The molecular formula is C9H15N3OS. The summed E-state index contributed by atoms with van der Waals surface area (Å²) in [6, 6.07) is 0. The summed E-state index contributed by atoms with van der Waals surface area (Å²) in [5.41, 5.74) is 1.08. The molecule has 14 heavy (non-hydrogen) atoms. The number of carbonyl (C=O) groups is 1. The number of aryl methyl sites for hydroxylation is 2. The molecule has 0 aromatic carbocycles. The molecule has 0 aliphatic rings. The van der Waals surface area contributed by atoms with Crippen molar-refractivity contribution in [2.75, 3.05) is 13.6 Å². The van der Waals surface area contributed by atoms with Gasteiger partial charge in [-0.2, -0.15) is 0 Å². The molecule has 1 aromatic heterocycles. The molecule has 1 amide bonds. The van der Waals surface area contributed by atoms with Crippen LogP contribution in [-0.4, -0.2) is 24.5 Å². The lowest BCUT2D eigenvalue weighted by molar-refractivity contribution is -0.119. The molecule has 0 aliphatic carbocycles. The number of carbonyl (C=O) groups excluding carboxylic acids is 1. The van der Waals surface area contributed by atoms with E-state index in [0.717, 1.165) is 10.7 Å². The molecule has 1 aromatic rings. The van der Waals surface area contributed by atoms with E-state index in [1.54, 1.807) is 18.4 Å². The fraction of sp³-hybridized carbons (Fsp3) is 0.556. The van der Waals surface area contributed by atoms with Crippen molar-refractivity contribution < 1.29 is 4.79 Å². The molecule has 2 N–H and O–H groups in total. The van der Waals surface area contributed by atoms with Crippen LogP contribution >= 0.6 is 11.3 Å². The van der Waals surface area contributed by atoms with E-state index < -0.39 is 0 Å². The van der Waals surface area contributed by atoms with Crippen LogP contribution in [0.4, 0.5) is 0 Å². The smallest absolute Gasteiger partial charge is 0.233 e. The maximum Gasteiger partial charge on any atom is 0.233 e. The third kappa shape index (κ3) is 3.08. The largest absolute Gasteiger partial charge is 0.358 e. The Balaban J connectivity index is 2.35. The maximum atomic E-state index is 10.9. The van der Waals surface area contributed by atoms with Gasteiger partial charge in [0.1, 0.15) is 5.01 Å². The minimum absolute atomic E-state index is 0.00463. The first-order valence-corrected chi connectivity index (χ1v) is 5.29. The van der Waals surface area contributed by atoms with Gasteiger partial charge in [-0.3, -0.25) is 4.79 Å². The Labute approximate surface area is 87.7 Å². The third-order valence-corrected chi connectivity index (χ3v) is 2.99. The van der Waals surface area contributed by atoms with E-state index in [1.807, 2.05) is 6.92 Å². The summed E-state index contributed by atoms with van der Waals surface area (Å²) in [5, 5.41) is 6.61. The number of nitrogens with zero attached hydrogens (tertiary/aromatic N) is 1. The predicted octanol–water partition coefficient (Wildman–Crippen LogP) is 0.596. The highest BCUT2D eigenvalue weighted by Gasteiger charge is 2.03. The molecule has 0 saturated heterocycles. The quantitative estimate of drug-likeness (QED) is 0.770. The van der Waals surface area contributed by atoms with Crippen molar-refractivity contribution in [2.45, 2.75) is 20.4 Å². The molecule has 0 fully saturated rings. The lowest BCUT2D eigenvalue weighted by Crippen LogP contribution is -2.30. The van der Waals surface area contributed by atoms with Crippen LogP contribution in [0, 0.1) is 13.8 Å². The predicted molar refractivity (Wildman–Crippen MR) is 57.4 cm³/mol. The number of thiazole rings is 1. The lowest BCUT2D eigenvalue weighted by atomic mass is 10.4. The van der Waals surface area contributed by atoms with Crippen LogP contribution in [0.2, 0.25) is 0 Å². The Bertz CT molecular complexity index is 302. The van der Waals surface area contributed by atoms with Gasteiger partial charge in [0.2, 0.25) is 5.91 Å². The molecule has 0 spiro atoms. The van der Waals surface area contributed by atoms with Crippen LogP contribution in [0.1, 0.15) is 15.6 Å². The molecule has 0 radical (unpaired) electrons. The van der Waals surface area contributed by atoms with Gasteiger partial charge in [-0.15, -0.1) is 11.3 Å². The number of rotatable bonds is 4. The number of nitrogens with one attached hydrogen (secondary N) is 2. The number of amides is 1. The van der Waals surface area contributed by atoms with Crippen LogP contribution < -0.4 is 10.6 Å². The maximum absolute atomic E-state index is 10.9. The van der Waals surface area contributed by atoms with Gasteiger partial charge in [-0.05, 0) is 13.8 Å². The van der Waals surface area contributed by atoms with Crippen molar-refractivity contribution >= 4 is 17.2 Å². The number of likely N-dealkylation sites (N-methyl/N-ethyl adjacent to an activating group) is 1.